The zero-order chi connectivity index (χ0) is 10.8. The summed E-state index contributed by atoms with van der Waals surface area (Å²) >= 11 is 1.48. The fraction of sp³-hybridized carbons (Fsp3) is 0.364. The van der Waals surface area contributed by atoms with Crippen molar-refractivity contribution in [2.45, 2.75) is 19.8 Å². The molecule has 80 valence electrons. The molecule has 2 aromatic rings. The predicted molar refractivity (Wildman–Crippen MR) is 60.1 cm³/mol. The van der Waals surface area contributed by atoms with Crippen LogP contribution in [0.4, 0.5) is 4.39 Å². The first-order chi connectivity index (χ1) is 7.26. The Balaban J connectivity index is 2.58. The number of nitrogens with zero attached hydrogens (tertiary/aromatic N) is 1. The molecule has 2 aromatic heterocycles. The molecule has 0 saturated carbocycles. The van der Waals surface area contributed by atoms with E-state index in [1.165, 1.54) is 24.0 Å². The lowest BCUT2D eigenvalue weighted by molar-refractivity contribution is 0.379. The Morgan fingerprint density at radius 1 is 1.53 bits per heavy atom. The molecule has 0 N–H and O–H groups in total. The Morgan fingerprint density at radius 2 is 2.33 bits per heavy atom. The highest BCUT2D eigenvalue weighted by Crippen LogP contribution is 2.29. The van der Waals surface area contributed by atoms with E-state index in [4.69, 9.17) is 4.74 Å². The van der Waals surface area contributed by atoms with Crippen LogP contribution in [0.2, 0.25) is 0 Å². The van der Waals surface area contributed by atoms with Crippen molar-refractivity contribution in [3.8, 4) is 5.75 Å². The second kappa shape index (κ2) is 4.14. The van der Waals surface area contributed by atoms with E-state index in [1.807, 2.05) is 5.38 Å². The molecule has 0 atom stereocenters. The summed E-state index contributed by atoms with van der Waals surface area (Å²) in [5, 5.41) is 3.06. The van der Waals surface area contributed by atoms with Crippen LogP contribution in [0.25, 0.3) is 10.2 Å². The van der Waals surface area contributed by atoms with Crippen LogP contribution in [0.1, 0.15) is 18.9 Å². The lowest BCUT2D eigenvalue weighted by Crippen LogP contribution is -1.91. The van der Waals surface area contributed by atoms with Gasteiger partial charge < -0.3 is 4.74 Å². The topological polar surface area (TPSA) is 22.1 Å². The van der Waals surface area contributed by atoms with Crippen LogP contribution in [0.15, 0.2) is 11.4 Å². The zero-order valence-electron chi connectivity index (χ0n) is 8.71. The summed E-state index contributed by atoms with van der Waals surface area (Å²) < 4.78 is 18.2. The molecule has 0 aromatic carbocycles. The molecule has 0 radical (unpaired) electrons. The second-order valence-corrected chi connectivity index (χ2v) is 4.20. The summed E-state index contributed by atoms with van der Waals surface area (Å²) in [4.78, 5) is 4.62. The number of pyridine rings is 1. The number of aryl methyl sites for hydroxylation is 1. The zero-order valence-corrected chi connectivity index (χ0v) is 9.53. The van der Waals surface area contributed by atoms with E-state index in [2.05, 4.69) is 11.9 Å². The third kappa shape index (κ3) is 1.81. The summed E-state index contributed by atoms with van der Waals surface area (Å²) in [5.41, 5.74) is 1.23. The van der Waals surface area contributed by atoms with Crippen LogP contribution < -0.4 is 4.74 Å². The second-order valence-electron chi connectivity index (χ2n) is 3.35. The van der Waals surface area contributed by atoms with Gasteiger partial charge in [0.1, 0.15) is 4.83 Å². The van der Waals surface area contributed by atoms with Crippen LogP contribution in [0.3, 0.4) is 0 Å². The average molecular weight is 225 g/mol. The highest BCUT2D eigenvalue weighted by Gasteiger charge is 2.10. The molecule has 15 heavy (non-hydrogen) atoms. The molecule has 2 rings (SSSR count). The van der Waals surface area contributed by atoms with Crippen molar-refractivity contribution < 1.29 is 9.13 Å². The molecule has 0 spiro atoms. The van der Waals surface area contributed by atoms with Crippen molar-refractivity contribution in [3.05, 3.63) is 23.0 Å². The van der Waals surface area contributed by atoms with E-state index >= 15 is 0 Å². The standard InChI is InChI=1S/C11H12FNOS/c1-3-4-7-6-15-11-8(7)5-9(14-2)10(12)13-11/h5-6H,3-4H2,1-2H3. The largest absolute Gasteiger partial charge is 0.492 e. The minimum atomic E-state index is -0.533. The molecule has 0 aliphatic heterocycles. The molecule has 2 heterocycles. The van der Waals surface area contributed by atoms with E-state index in [9.17, 15) is 4.39 Å². The van der Waals surface area contributed by atoms with Crippen molar-refractivity contribution in [2.24, 2.45) is 0 Å². The minimum Gasteiger partial charge on any atom is -0.492 e. The number of halogens is 1. The van der Waals surface area contributed by atoms with Gasteiger partial charge in [-0.15, -0.1) is 11.3 Å². The van der Waals surface area contributed by atoms with Gasteiger partial charge in [-0.05, 0) is 23.4 Å². The van der Waals surface area contributed by atoms with Gasteiger partial charge in [0.05, 0.1) is 7.11 Å². The molecule has 4 heteroatoms. The number of rotatable bonds is 3. The number of methoxy groups -OCH3 is 1. The smallest absolute Gasteiger partial charge is 0.256 e. The van der Waals surface area contributed by atoms with E-state index in [0.29, 0.717) is 0 Å². The van der Waals surface area contributed by atoms with E-state index in [1.54, 1.807) is 6.07 Å². The summed E-state index contributed by atoms with van der Waals surface area (Å²) in [6.45, 7) is 2.12. The van der Waals surface area contributed by atoms with Gasteiger partial charge in [-0.3, -0.25) is 0 Å². The van der Waals surface area contributed by atoms with Crippen LogP contribution >= 0.6 is 11.3 Å². The lowest BCUT2D eigenvalue weighted by atomic mass is 10.1. The molecule has 0 aliphatic rings. The maximum atomic E-state index is 13.3. The third-order valence-electron chi connectivity index (χ3n) is 2.31. The van der Waals surface area contributed by atoms with Crippen molar-refractivity contribution in [1.29, 1.82) is 0 Å². The van der Waals surface area contributed by atoms with Gasteiger partial charge in [0, 0.05) is 5.39 Å². The van der Waals surface area contributed by atoms with E-state index in [0.717, 1.165) is 23.1 Å². The maximum absolute atomic E-state index is 13.3. The van der Waals surface area contributed by atoms with Gasteiger partial charge in [0.2, 0.25) is 0 Å². The minimum absolute atomic E-state index is 0.221. The van der Waals surface area contributed by atoms with Crippen LogP contribution in [0.5, 0.6) is 5.75 Å². The first-order valence-electron chi connectivity index (χ1n) is 4.87. The first-order valence-corrected chi connectivity index (χ1v) is 5.74. The molecular weight excluding hydrogens is 213 g/mol. The monoisotopic (exact) mass is 225 g/mol. The Kier molecular flexibility index (Phi) is 2.86. The van der Waals surface area contributed by atoms with Crippen LogP contribution in [0, 0.1) is 5.95 Å². The number of fused-ring (bicyclic) bond motifs is 1. The highest BCUT2D eigenvalue weighted by molar-refractivity contribution is 7.16. The van der Waals surface area contributed by atoms with Crippen LogP contribution in [-0.2, 0) is 6.42 Å². The molecule has 2 nitrogen and oxygen atoms in total. The summed E-state index contributed by atoms with van der Waals surface area (Å²) in [6, 6.07) is 1.74. The Labute approximate surface area is 91.7 Å². The number of hydrogen-bond acceptors (Lipinski definition) is 3. The van der Waals surface area contributed by atoms with Gasteiger partial charge >= 0.3 is 0 Å². The molecule has 0 fully saturated rings. The quantitative estimate of drug-likeness (QED) is 0.747. The normalized spacial score (nSPS) is 10.9. The number of aromatic nitrogens is 1. The van der Waals surface area contributed by atoms with E-state index < -0.39 is 5.95 Å². The third-order valence-corrected chi connectivity index (χ3v) is 3.24. The van der Waals surface area contributed by atoms with Crippen LogP contribution in [-0.4, -0.2) is 12.1 Å². The van der Waals surface area contributed by atoms with Crippen molar-refractivity contribution in [2.75, 3.05) is 7.11 Å². The number of thiophene rings is 1. The van der Waals surface area contributed by atoms with Gasteiger partial charge in [-0.1, -0.05) is 13.3 Å². The van der Waals surface area contributed by atoms with Gasteiger partial charge in [-0.2, -0.15) is 4.39 Å². The molecular formula is C11H12FNOS. The molecule has 0 bridgehead atoms. The maximum Gasteiger partial charge on any atom is 0.256 e. The van der Waals surface area contributed by atoms with E-state index in [-0.39, 0.29) is 5.75 Å². The van der Waals surface area contributed by atoms with Crippen molar-refractivity contribution in [1.82, 2.24) is 4.98 Å². The van der Waals surface area contributed by atoms with Gasteiger partial charge in [-0.25, -0.2) is 4.98 Å². The van der Waals surface area contributed by atoms with Crippen molar-refractivity contribution in [3.63, 3.8) is 0 Å². The molecule has 0 aliphatic carbocycles. The number of ether oxygens (including phenoxy) is 1. The predicted octanol–water partition coefficient (Wildman–Crippen LogP) is 3.40. The van der Waals surface area contributed by atoms with Crippen molar-refractivity contribution >= 4 is 21.6 Å². The first kappa shape index (κ1) is 10.4. The summed E-state index contributed by atoms with van der Waals surface area (Å²) in [5.74, 6) is -0.312. The molecule has 0 saturated heterocycles. The molecule has 0 amide bonds. The summed E-state index contributed by atoms with van der Waals surface area (Å²) in [7, 11) is 1.46. The Hall–Kier alpha value is -1.16. The number of hydrogen-bond donors (Lipinski definition) is 0. The van der Waals surface area contributed by atoms with Gasteiger partial charge in [0.15, 0.2) is 5.75 Å². The molecule has 0 unspecified atom stereocenters. The Bertz CT molecular complexity index is 481. The fourth-order valence-corrected chi connectivity index (χ4v) is 2.52. The fourth-order valence-electron chi connectivity index (χ4n) is 1.57. The SMILES string of the molecule is CCCc1csc2nc(F)c(OC)cc12. The van der Waals surface area contributed by atoms with Gasteiger partial charge in [0.25, 0.3) is 5.95 Å². The average Bonchev–Trinajstić information content (AvgIpc) is 2.60. The summed E-state index contributed by atoms with van der Waals surface area (Å²) in [6.07, 6.45) is 2.07. The lowest BCUT2D eigenvalue weighted by Gasteiger charge is -2.01. The highest BCUT2D eigenvalue weighted by atomic mass is 32.1. The Morgan fingerprint density at radius 3 is 3.00 bits per heavy atom.